The van der Waals surface area contributed by atoms with Crippen molar-refractivity contribution < 1.29 is 0 Å². The van der Waals surface area contributed by atoms with Crippen molar-refractivity contribution >= 4 is 43.1 Å². The average Bonchev–Trinajstić information content (AvgIpc) is 2.59. The zero-order valence-electron chi connectivity index (χ0n) is 12.5. The highest BCUT2D eigenvalue weighted by Gasteiger charge is 2.07. The van der Waals surface area contributed by atoms with Gasteiger partial charge in [0.15, 0.2) is 0 Å². The van der Waals surface area contributed by atoms with Crippen molar-refractivity contribution in [3.05, 3.63) is 91.3 Å². The van der Waals surface area contributed by atoms with Gasteiger partial charge < -0.3 is 0 Å². The Labute approximate surface area is 135 Å². The van der Waals surface area contributed by atoms with Crippen molar-refractivity contribution in [2.75, 3.05) is 0 Å². The Morgan fingerprint density at radius 1 is 0.435 bits per heavy atom. The molecule has 0 aromatic heterocycles. The summed E-state index contributed by atoms with van der Waals surface area (Å²) in [5.74, 6) is 0. The van der Waals surface area contributed by atoms with Crippen LogP contribution in [0.4, 0.5) is 0 Å². The lowest BCUT2D eigenvalue weighted by Crippen LogP contribution is -1.85. The standard InChI is InChI=1S/C23H13/c1-15-22-13-18-8-4-2-6-16(18)10-20(22)12-21-11-17-7-3-5-9-19(17)14-23(15)21/h2-14H. The van der Waals surface area contributed by atoms with Crippen molar-refractivity contribution in [2.24, 2.45) is 0 Å². The maximum absolute atomic E-state index is 8.68. The third-order valence-electron chi connectivity index (χ3n) is 4.69. The summed E-state index contributed by atoms with van der Waals surface area (Å²) in [7, 11) is 0. The number of fused-ring (bicyclic) bond motifs is 4. The SMILES string of the molecule is [C]c1c2cc3ccccc3cc2cc2cc3ccccc3cc12. The summed E-state index contributed by atoms with van der Waals surface area (Å²) in [6, 6.07) is 27.6. The van der Waals surface area contributed by atoms with Gasteiger partial charge in [0.05, 0.1) is 0 Å². The molecule has 0 bridgehead atoms. The van der Waals surface area contributed by atoms with E-state index in [1.165, 1.54) is 21.5 Å². The number of benzene rings is 5. The molecule has 0 aliphatic heterocycles. The van der Waals surface area contributed by atoms with E-state index in [9.17, 15) is 0 Å². The molecule has 0 aliphatic carbocycles. The molecule has 23 heavy (non-hydrogen) atoms. The minimum absolute atomic E-state index is 0.619. The van der Waals surface area contributed by atoms with E-state index in [-0.39, 0.29) is 0 Å². The quantitative estimate of drug-likeness (QED) is 0.296. The Morgan fingerprint density at radius 2 is 0.783 bits per heavy atom. The number of hydrogen-bond acceptors (Lipinski definition) is 0. The average molecular weight is 289 g/mol. The van der Waals surface area contributed by atoms with Gasteiger partial charge in [0.2, 0.25) is 0 Å². The highest BCUT2D eigenvalue weighted by molar-refractivity contribution is 6.11. The summed E-state index contributed by atoms with van der Waals surface area (Å²) in [5, 5.41) is 9.13. The van der Waals surface area contributed by atoms with E-state index >= 15 is 0 Å². The van der Waals surface area contributed by atoms with Crippen LogP contribution in [0.1, 0.15) is 5.56 Å². The first-order valence-electron chi connectivity index (χ1n) is 7.79. The zero-order valence-corrected chi connectivity index (χ0v) is 12.5. The molecule has 5 aromatic rings. The molecular weight excluding hydrogens is 276 g/mol. The maximum Gasteiger partial charge on any atom is 0.0312 e. The Balaban J connectivity index is 1.99. The molecule has 0 atom stereocenters. The Kier molecular flexibility index (Phi) is 2.51. The Hall–Kier alpha value is -2.86. The van der Waals surface area contributed by atoms with Gasteiger partial charge in [0.25, 0.3) is 0 Å². The molecule has 0 heteroatoms. The van der Waals surface area contributed by atoms with Crippen molar-refractivity contribution in [2.45, 2.75) is 0 Å². The van der Waals surface area contributed by atoms with Gasteiger partial charge in [-0.05, 0) is 79.0 Å². The minimum Gasteiger partial charge on any atom is -0.0616 e. The van der Waals surface area contributed by atoms with Gasteiger partial charge in [-0.15, -0.1) is 0 Å². The first-order chi connectivity index (χ1) is 11.3. The van der Waals surface area contributed by atoms with Crippen LogP contribution >= 0.6 is 0 Å². The van der Waals surface area contributed by atoms with Crippen LogP contribution in [0, 0.1) is 6.92 Å². The Bertz CT molecular complexity index is 1120. The summed E-state index contributed by atoms with van der Waals surface area (Å²) in [6.07, 6.45) is 0. The molecular formula is C23H13. The molecule has 0 amide bonds. The van der Waals surface area contributed by atoms with Crippen LogP contribution in [0.5, 0.6) is 0 Å². The summed E-state index contributed by atoms with van der Waals surface area (Å²) in [4.78, 5) is 0. The summed E-state index contributed by atoms with van der Waals surface area (Å²) in [6.45, 7) is 8.68. The zero-order chi connectivity index (χ0) is 15.4. The van der Waals surface area contributed by atoms with Crippen molar-refractivity contribution in [3.8, 4) is 0 Å². The molecule has 5 aromatic carbocycles. The lowest BCUT2D eigenvalue weighted by Gasteiger charge is -2.10. The lowest BCUT2D eigenvalue weighted by molar-refractivity contribution is 1.74. The van der Waals surface area contributed by atoms with Crippen LogP contribution in [0.2, 0.25) is 0 Å². The van der Waals surface area contributed by atoms with Gasteiger partial charge in [-0.25, -0.2) is 0 Å². The molecule has 0 fully saturated rings. The van der Waals surface area contributed by atoms with E-state index in [1.807, 2.05) is 12.1 Å². The third kappa shape index (κ3) is 1.85. The topological polar surface area (TPSA) is 0 Å². The van der Waals surface area contributed by atoms with Crippen LogP contribution in [0.15, 0.2) is 78.9 Å². The molecule has 105 valence electrons. The Morgan fingerprint density at radius 3 is 1.22 bits per heavy atom. The molecule has 5 rings (SSSR count). The first-order valence-corrected chi connectivity index (χ1v) is 7.79. The van der Waals surface area contributed by atoms with Crippen LogP contribution in [-0.2, 0) is 0 Å². The van der Waals surface area contributed by atoms with Crippen LogP contribution < -0.4 is 0 Å². The van der Waals surface area contributed by atoms with Crippen molar-refractivity contribution in [1.29, 1.82) is 0 Å². The van der Waals surface area contributed by atoms with E-state index in [0.717, 1.165) is 21.5 Å². The molecule has 3 radical (unpaired) electrons. The lowest BCUT2D eigenvalue weighted by atomic mass is 9.93. The predicted octanol–water partition coefficient (Wildman–Crippen LogP) is 6.24. The van der Waals surface area contributed by atoms with Crippen molar-refractivity contribution in [3.63, 3.8) is 0 Å². The van der Waals surface area contributed by atoms with Gasteiger partial charge in [0, 0.05) is 6.92 Å². The van der Waals surface area contributed by atoms with E-state index in [4.69, 9.17) is 6.92 Å². The molecule has 0 aliphatic rings. The fourth-order valence-electron chi connectivity index (χ4n) is 3.50. The summed E-state index contributed by atoms with van der Waals surface area (Å²) >= 11 is 0. The number of hydrogen-bond donors (Lipinski definition) is 0. The van der Waals surface area contributed by atoms with Gasteiger partial charge in [-0.2, -0.15) is 0 Å². The van der Waals surface area contributed by atoms with Gasteiger partial charge in [0.1, 0.15) is 0 Å². The minimum atomic E-state index is 0.619. The smallest absolute Gasteiger partial charge is 0.0312 e. The second-order valence-electron chi connectivity index (χ2n) is 6.09. The predicted molar refractivity (Wildman–Crippen MR) is 98.8 cm³/mol. The van der Waals surface area contributed by atoms with Gasteiger partial charge in [-0.1, -0.05) is 48.5 Å². The molecule has 0 saturated carbocycles. The van der Waals surface area contributed by atoms with Crippen molar-refractivity contribution in [1.82, 2.24) is 0 Å². The normalized spacial score (nSPS) is 11.7. The molecule has 0 nitrogen and oxygen atoms in total. The summed E-state index contributed by atoms with van der Waals surface area (Å²) < 4.78 is 0. The van der Waals surface area contributed by atoms with E-state index in [1.54, 1.807) is 0 Å². The monoisotopic (exact) mass is 289 g/mol. The van der Waals surface area contributed by atoms with Gasteiger partial charge >= 0.3 is 0 Å². The molecule has 0 N–H and O–H groups in total. The maximum atomic E-state index is 8.68. The van der Waals surface area contributed by atoms with Crippen LogP contribution in [-0.4, -0.2) is 0 Å². The van der Waals surface area contributed by atoms with Crippen LogP contribution in [0.3, 0.4) is 0 Å². The van der Waals surface area contributed by atoms with E-state index < -0.39 is 0 Å². The molecule has 0 unspecified atom stereocenters. The highest BCUT2D eigenvalue weighted by atomic mass is 14.1. The fourth-order valence-corrected chi connectivity index (χ4v) is 3.50. The van der Waals surface area contributed by atoms with Crippen LogP contribution in [0.25, 0.3) is 43.1 Å². The van der Waals surface area contributed by atoms with E-state index in [0.29, 0.717) is 5.56 Å². The fraction of sp³-hybridized carbons (Fsp3) is 0. The number of rotatable bonds is 0. The van der Waals surface area contributed by atoms with Gasteiger partial charge in [-0.3, -0.25) is 0 Å². The highest BCUT2D eigenvalue weighted by Crippen LogP contribution is 2.33. The molecule has 0 spiro atoms. The largest absolute Gasteiger partial charge is 0.0616 e. The second-order valence-corrected chi connectivity index (χ2v) is 6.09. The first kappa shape index (κ1) is 12.7. The molecule has 0 heterocycles. The third-order valence-corrected chi connectivity index (χ3v) is 4.69. The second kappa shape index (κ2) is 4.57. The summed E-state index contributed by atoms with van der Waals surface area (Å²) in [5.41, 5.74) is 0.619. The molecule has 0 saturated heterocycles. The van der Waals surface area contributed by atoms with E-state index in [2.05, 4.69) is 66.7 Å².